The average molecular weight is 279 g/mol. The van der Waals surface area contributed by atoms with Crippen molar-refractivity contribution in [2.45, 2.75) is 12.7 Å². The van der Waals surface area contributed by atoms with Crippen molar-refractivity contribution in [2.24, 2.45) is 5.73 Å². The van der Waals surface area contributed by atoms with Crippen LogP contribution in [0, 0.1) is 11.3 Å². The third kappa shape index (κ3) is 2.30. The third-order valence-electron chi connectivity index (χ3n) is 1.88. The molecule has 1 aromatic rings. The van der Waals surface area contributed by atoms with Crippen molar-refractivity contribution in [1.82, 2.24) is 0 Å². The summed E-state index contributed by atoms with van der Waals surface area (Å²) in [6.07, 6.45) is -4.49. The molecule has 0 aromatic heterocycles. The fourth-order valence-electron chi connectivity index (χ4n) is 1.22. The summed E-state index contributed by atoms with van der Waals surface area (Å²) in [5, 5.41) is 8.72. The van der Waals surface area contributed by atoms with Gasteiger partial charge in [0, 0.05) is 11.0 Å². The fourth-order valence-corrected chi connectivity index (χ4v) is 1.68. The third-order valence-corrected chi connectivity index (χ3v) is 2.54. The summed E-state index contributed by atoms with van der Waals surface area (Å²) in [6, 6.07) is 3.81. The largest absolute Gasteiger partial charge is 0.416 e. The average Bonchev–Trinajstić information content (AvgIpc) is 2.15. The first-order valence-corrected chi connectivity index (χ1v) is 4.70. The van der Waals surface area contributed by atoms with E-state index in [1.54, 1.807) is 6.07 Å². The van der Waals surface area contributed by atoms with Crippen LogP contribution in [0.25, 0.3) is 0 Å². The van der Waals surface area contributed by atoms with E-state index in [1.165, 1.54) is 6.07 Å². The van der Waals surface area contributed by atoms with Crippen LogP contribution in [0.3, 0.4) is 0 Å². The van der Waals surface area contributed by atoms with E-state index in [2.05, 4.69) is 15.9 Å². The summed E-state index contributed by atoms with van der Waals surface area (Å²) in [4.78, 5) is 0. The van der Waals surface area contributed by atoms with Crippen LogP contribution in [0.5, 0.6) is 0 Å². The molecule has 15 heavy (non-hydrogen) atoms. The van der Waals surface area contributed by atoms with E-state index in [0.717, 1.165) is 6.07 Å². The highest BCUT2D eigenvalue weighted by Gasteiger charge is 2.34. The molecule has 0 amide bonds. The van der Waals surface area contributed by atoms with Gasteiger partial charge in [-0.1, -0.05) is 0 Å². The van der Waals surface area contributed by atoms with Crippen LogP contribution in [0.2, 0.25) is 0 Å². The highest BCUT2D eigenvalue weighted by molar-refractivity contribution is 9.10. The lowest BCUT2D eigenvalue weighted by atomic mass is 10.0. The lowest BCUT2D eigenvalue weighted by Gasteiger charge is -2.13. The lowest BCUT2D eigenvalue weighted by Crippen LogP contribution is -2.13. The van der Waals surface area contributed by atoms with E-state index >= 15 is 0 Å². The Hall–Kier alpha value is -1.06. The summed E-state index contributed by atoms with van der Waals surface area (Å²) in [5.41, 5.74) is 4.12. The Balaban J connectivity index is 3.51. The molecule has 0 aliphatic carbocycles. The Morgan fingerprint density at radius 3 is 2.40 bits per heavy atom. The van der Waals surface area contributed by atoms with Gasteiger partial charge in [0.2, 0.25) is 0 Å². The van der Waals surface area contributed by atoms with Crippen LogP contribution in [0.15, 0.2) is 16.6 Å². The van der Waals surface area contributed by atoms with E-state index in [1.807, 2.05) is 0 Å². The van der Waals surface area contributed by atoms with E-state index in [4.69, 9.17) is 11.0 Å². The molecule has 2 N–H and O–H groups in total. The molecule has 0 heterocycles. The molecule has 0 spiro atoms. The smallest absolute Gasteiger partial charge is 0.326 e. The van der Waals surface area contributed by atoms with Gasteiger partial charge >= 0.3 is 6.18 Å². The number of nitriles is 1. The normalized spacial score (nSPS) is 11.2. The number of hydrogen-bond acceptors (Lipinski definition) is 2. The zero-order valence-electron chi connectivity index (χ0n) is 7.40. The number of hydrogen-bond donors (Lipinski definition) is 1. The van der Waals surface area contributed by atoms with E-state index in [-0.39, 0.29) is 17.7 Å². The van der Waals surface area contributed by atoms with Gasteiger partial charge in [-0.3, -0.25) is 0 Å². The first-order chi connectivity index (χ1) is 6.91. The molecule has 1 aromatic carbocycles. The summed E-state index contributed by atoms with van der Waals surface area (Å²) < 4.78 is 37.8. The van der Waals surface area contributed by atoms with Crippen LogP contribution >= 0.6 is 15.9 Å². The Labute approximate surface area is 92.6 Å². The quantitative estimate of drug-likeness (QED) is 0.859. The van der Waals surface area contributed by atoms with Crippen molar-refractivity contribution in [1.29, 1.82) is 5.26 Å². The summed E-state index contributed by atoms with van der Waals surface area (Å²) in [5.74, 6) is 0. The molecular formula is C9H6BrF3N2. The fraction of sp³-hybridized carbons (Fsp3) is 0.222. The predicted molar refractivity (Wildman–Crippen MR) is 51.8 cm³/mol. The molecule has 0 fully saturated rings. The number of nitrogens with two attached hydrogens (primary N) is 1. The minimum absolute atomic E-state index is 0.0627. The maximum atomic E-state index is 12.5. The first kappa shape index (κ1) is 12.0. The number of nitrogens with zero attached hydrogens (tertiary/aromatic N) is 1. The Kier molecular flexibility index (Phi) is 3.37. The molecule has 0 saturated heterocycles. The molecule has 6 heteroatoms. The van der Waals surface area contributed by atoms with Gasteiger partial charge in [-0.05, 0) is 33.6 Å². The number of rotatable bonds is 1. The maximum Gasteiger partial charge on any atom is 0.416 e. The van der Waals surface area contributed by atoms with Crippen LogP contribution in [-0.2, 0) is 12.7 Å². The second-order valence-electron chi connectivity index (χ2n) is 2.76. The minimum atomic E-state index is -4.49. The first-order valence-electron chi connectivity index (χ1n) is 3.90. The molecule has 0 saturated carbocycles. The van der Waals surface area contributed by atoms with Crippen molar-refractivity contribution in [3.63, 3.8) is 0 Å². The second-order valence-corrected chi connectivity index (χ2v) is 3.62. The zero-order chi connectivity index (χ0) is 11.6. The minimum Gasteiger partial charge on any atom is -0.326 e. The molecule has 0 aliphatic rings. The molecule has 2 nitrogen and oxygen atoms in total. The molecule has 0 atom stereocenters. The summed E-state index contributed by atoms with van der Waals surface area (Å²) in [6.45, 7) is -0.322. The summed E-state index contributed by atoms with van der Waals surface area (Å²) in [7, 11) is 0. The van der Waals surface area contributed by atoms with Crippen molar-refractivity contribution < 1.29 is 13.2 Å². The van der Waals surface area contributed by atoms with Gasteiger partial charge in [-0.25, -0.2) is 0 Å². The number of halogens is 4. The van der Waals surface area contributed by atoms with Gasteiger partial charge in [0.25, 0.3) is 0 Å². The van der Waals surface area contributed by atoms with Gasteiger partial charge in [0.15, 0.2) is 0 Å². The maximum absolute atomic E-state index is 12.5. The summed E-state index contributed by atoms with van der Waals surface area (Å²) >= 11 is 3.00. The van der Waals surface area contributed by atoms with Crippen LogP contribution in [0.4, 0.5) is 13.2 Å². The van der Waals surface area contributed by atoms with Crippen molar-refractivity contribution >= 4 is 15.9 Å². The van der Waals surface area contributed by atoms with Crippen molar-refractivity contribution in [3.05, 3.63) is 33.3 Å². The van der Waals surface area contributed by atoms with Crippen LogP contribution in [-0.4, -0.2) is 0 Å². The topological polar surface area (TPSA) is 49.8 Å². The second kappa shape index (κ2) is 4.21. The number of benzene rings is 1. The van der Waals surface area contributed by atoms with Crippen molar-refractivity contribution in [2.75, 3.05) is 0 Å². The highest BCUT2D eigenvalue weighted by atomic mass is 79.9. The van der Waals surface area contributed by atoms with Crippen LogP contribution < -0.4 is 5.73 Å². The van der Waals surface area contributed by atoms with E-state index in [9.17, 15) is 13.2 Å². The molecule has 0 aliphatic heterocycles. The Bertz CT molecular complexity index is 421. The van der Waals surface area contributed by atoms with Gasteiger partial charge in [0.05, 0.1) is 11.1 Å². The van der Waals surface area contributed by atoms with Gasteiger partial charge in [-0.15, -0.1) is 0 Å². The van der Waals surface area contributed by atoms with Gasteiger partial charge in [-0.2, -0.15) is 18.4 Å². The molecule has 0 unspecified atom stereocenters. The number of alkyl halides is 3. The monoisotopic (exact) mass is 278 g/mol. The standard InChI is InChI=1S/C9H6BrF3N2/c10-8-2-1-7(9(11,12)13)5(3-14)6(8)4-15/h1-2H,3,14H2. The van der Waals surface area contributed by atoms with Gasteiger partial charge < -0.3 is 5.73 Å². The zero-order valence-corrected chi connectivity index (χ0v) is 8.98. The molecular weight excluding hydrogens is 273 g/mol. The SMILES string of the molecule is N#Cc1c(Br)ccc(C(F)(F)F)c1CN. The predicted octanol–water partition coefficient (Wildman–Crippen LogP) is 2.80. The lowest BCUT2D eigenvalue weighted by molar-refractivity contribution is -0.138. The van der Waals surface area contributed by atoms with E-state index < -0.39 is 11.7 Å². The highest BCUT2D eigenvalue weighted by Crippen LogP contribution is 2.35. The molecule has 0 radical (unpaired) electrons. The van der Waals surface area contributed by atoms with Crippen molar-refractivity contribution in [3.8, 4) is 6.07 Å². The Morgan fingerprint density at radius 1 is 1.40 bits per heavy atom. The molecule has 0 bridgehead atoms. The Morgan fingerprint density at radius 2 is 2.00 bits per heavy atom. The van der Waals surface area contributed by atoms with E-state index in [0.29, 0.717) is 4.47 Å². The molecule has 1 rings (SSSR count). The van der Waals surface area contributed by atoms with Crippen LogP contribution in [0.1, 0.15) is 16.7 Å². The van der Waals surface area contributed by atoms with Gasteiger partial charge in [0.1, 0.15) is 6.07 Å². The molecule has 80 valence electrons.